The summed E-state index contributed by atoms with van der Waals surface area (Å²) in [6.07, 6.45) is 0.234. The number of ether oxygens (including phenoxy) is 1. The van der Waals surface area contributed by atoms with E-state index in [1.165, 1.54) is 23.4 Å². The first-order chi connectivity index (χ1) is 17.7. The van der Waals surface area contributed by atoms with Crippen LogP contribution in [0.15, 0.2) is 47.6 Å². The molecule has 196 valence electrons. The van der Waals surface area contributed by atoms with E-state index in [2.05, 4.69) is 27.8 Å². The van der Waals surface area contributed by atoms with Crippen molar-refractivity contribution in [3.05, 3.63) is 69.5 Å². The minimum absolute atomic E-state index is 0.0356. The number of nitro groups is 1. The van der Waals surface area contributed by atoms with Crippen LogP contribution in [-0.2, 0) is 29.1 Å². The molecule has 2 aromatic carbocycles. The monoisotopic (exact) mass is 526 g/mol. The highest BCUT2D eigenvalue weighted by atomic mass is 32.2. The number of carbonyl (C=O) groups excluding carboxylic acids is 2. The number of benzene rings is 2. The van der Waals surface area contributed by atoms with Crippen LogP contribution in [0, 0.1) is 17.0 Å². The molecule has 2 N–H and O–H groups in total. The summed E-state index contributed by atoms with van der Waals surface area (Å²) in [4.78, 5) is 35.6. The van der Waals surface area contributed by atoms with Crippen LogP contribution in [0.5, 0.6) is 5.75 Å². The smallest absolute Gasteiger partial charge is 0.274 e. The first-order valence-electron chi connectivity index (χ1n) is 11.8. The van der Waals surface area contributed by atoms with E-state index in [-0.39, 0.29) is 29.8 Å². The number of hydrogen-bond acceptors (Lipinski definition) is 8. The van der Waals surface area contributed by atoms with Crippen molar-refractivity contribution in [3.63, 3.8) is 0 Å². The molecule has 0 aliphatic heterocycles. The predicted octanol–water partition coefficient (Wildman–Crippen LogP) is 3.89. The lowest BCUT2D eigenvalue weighted by atomic mass is 10.2. The second-order valence-corrected chi connectivity index (χ2v) is 9.16. The average molecular weight is 527 g/mol. The third kappa shape index (κ3) is 7.53. The molecular formula is C25H30N6O5S. The van der Waals surface area contributed by atoms with E-state index < -0.39 is 11.0 Å². The Labute approximate surface area is 219 Å². The summed E-state index contributed by atoms with van der Waals surface area (Å²) < 4.78 is 7.54. The molecule has 3 aromatic rings. The van der Waals surface area contributed by atoms with Gasteiger partial charge in [0, 0.05) is 23.9 Å². The molecule has 0 aliphatic carbocycles. The number of rotatable bonds is 12. The second-order valence-electron chi connectivity index (χ2n) is 8.21. The number of nitro benzene ring substituents is 1. The first-order valence-corrected chi connectivity index (χ1v) is 12.8. The molecule has 37 heavy (non-hydrogen) atoms. The van der Waals surface area contributed by atoms with Crippen LogP contribution < -0.4 is 15.4 Å². The molecule has 0 bridgehead atoms. The van der Waals surface area contributed by atoms with Crippen LogP contribution in [0.2, 0.25) is 0 Å². The van der Waals surface area contributed by atoms with Gasteiger partial charge in [0.25, 0.3) is 11.6 Å². The second kappa shape index (κ2) is 12.9. The molecule has 12 heteroatoms. The molecule has 0 aliphatic rings. The van der Waals surface area contributed by atoms with Gasteiger partial charge in [0.15, 0.2) is 17.1 Å². The highest BCUT2D eigenvalue weighted by Gasteiger charge is 2.18. The van der Waals surface area contributed by atoms with E-state index in [4.69, 9.17) is 4.74 Å². The minimum atomic E-state index is -0.694. The molecule has 1 heterocycles. The van der Waals surface area contributed by atoms with Gasteiger partial charge < -0.3 is 19.9 Å². The van der Waals surface area contributed by atoms with Crippen molar-refractivity contribution in [1.29, 1.82) is 0 Å². The van der Waals surface area contributed by atoms with E-state index in [9.17, 15) is 19.7 Å². The maximum atomic E-state index is 12.5. The van der Waals surface area contributed by atoms with E-state index in [1.807, 2.05) is 35.8 Å². The number of aryl methyl sites for hydroxylation is 2. The Morgan fingerprint density at radius 2 is 1.89 bits per heavy atom. The number of amides is 2. The number of aromatic nitrogens is 3. The third-order valence-electron chi connectivity index (χ3n) is 5.57. The molecule has 0 radical (unpaired) electrons. The molecule has 0 spiro atoms. The highest BCUT2D eigenvalue weighted by molar-refractivity contribution is 7.99. The number of nitrogens with zero attached hydrogens (tertiary/aromatic N) is 4. The van der Waals surface area contributed by atoms with Gasteiger partial charge >= 0.3 is 0 Å². The fourth-order valence-electron chi connectivity index (χ4n) is 3.46. The van der Waals surface area contributed by atoms with Gasteiger partial charge in [0.2, 0.25) is 5.91 Å². The lowest BCUT2D eigenvalue weighted by Crippen LogP contribution is -2.36. The zero-order valence-electron chi connectivity index (χ0n) is 21.2. The van der Waals surface area contributed by atoms with Gasteiger partial charge in [-0.3, -0.25) is 19.7 Å². The Kier molecular flexibility index (Phi) is 9.61. The molecule has 0 saturated carbocycles. The molecule has 3 rings (SSSR count). The maximum absolute atomic E-state index is 12.5. The molecule has 1 aromatic heterocycles. The van der Waals surface area contributed by atoms with Gasteiger partial charge in [0.1, 0.15) is 5.75 Å². The van der Waals surface area contributed by atoms with Gasteiger partial charge in [-0.05, 0) is 51.0 Å². The van der Waals surface area contributed by atoms with Crippen LogP contribution in [0.25, 0.3) is 0 Å². The maximum Gasteiger partial charge on any atom is 0.274 e. The van der Waals surface area contributed by atoms with Gasteiger partial charge in [-0.15, -0.1) is 10.2 Å². The number of nitrogens with one attached hydrogen (secondary N) is 2. The van der Waals surface area contributed by atoms with Crippen LogP contribution >= 0.6 is 11.8 Å². The predicted molar refractivity (Wildman–Crippen MR) is 141 cm³/mol. The van der Waals surface area contributed by atoms with Crippen molar-refractivity contribution in [2.45, 2.75) is 58.5 Å². The standard InChI is InChI=1S/C25H30N6O5S/c1-5-18-8-11-20(12-9-18)36-17(4)24(33)26-14-22-28-29-25(30(22)6-2)37-15-23(32)27-19-10-7-16(3)21(13-19)31(34)35/h7-13,17H,5-6,14-15H2,1-4H3,(H,26,33)(H,27,32)/t17-/m1/s1. The van der Waals surface area contributed by atoms with E-state index in [0.717, 1.165) is 6.42 Å². The number of carbonyl (C=O) groups is 2. The Morgan fingerprint density at radius 3 is 2.54 bits per heavy atom. The van der Waals surface area contributed by atoms with E-state index in [0.29, 0.717) is 34.5 Å². The summed E-state index contributed by atoms with van der Waals surface area (Å²) in [7, 11) is 0. The number of thioether (sulfide) groups is 1. The van der Waals surface area contributed by atoms with Crippen LogP contribution in [0.4, 0.5) is 11.4 Å². The van der Waals surface area contributed by atoms with E-state index in [1.54, 1.807) is 26.0 Å². The minimum Gasteiger partial charge on any atom is -0.481 e. The van der Waals surface area contributed by atoms with E-state index >= 15 is 0 Å². The zero-order valence-corrected chi connectivity index (χ0v) is 22.0. The normalized spacial score (nSPS) is 11.6. The van der Waals surface area contributed by atoms with Crippen molar-refractivity contribution >= 4 is 35.0 Å². The molecule has 0 saturated heterocycles. The number of hydrogen-bond donors (Lipinski definition) is 2. The third-order valence-corrected chi connectivity index (χ3v) is 6.53. The van der Waals surface area contributed by atoms with Crippen LogP contribution in [0.3, 0.4) is 0 Å². The van der Waals surface area contributed by atoms with Crippen molar-refractivity contribution in [3.8, 4) is 5.75 Å². The Morgan fingerprint density at radius 1 is 1.16 bits per heavy atom. The van der Waals surface area contributed by atoms with Gasteiger partial charge in [-0.25, -0.2) is 0 Å². The summed E-state index contributed by atoms with van der Waals surface area (Å²) in [5.74, 6) is 0.585. The topological polar surface area (TPSA) is 141 Å². The molecule has 0 fully saturated rings. The Hall–Kier alpha value is -3.93. The zero-order chi connectivity index (χ0) is 26.9. The molecular weight excluding hydrogens is 496 g/mol. The quantitative estimate of drug-likeness (QED) is 0.206. The molecule has 0 unspecified atom stereocenters. The SMILES string of the molecule is CCc1ccc(O[C@H](C)C(=O)NCc2nnc(SCC(=O)Nc3ccc(C)c([N+](=O)[O-])c3)n2CC)cc1. The Balaban J connectivity index is 1.52. The molecule has 1 atom stereocenters. The van der Waals surface area contributed by atoms with Gasteiger partial charge in [-0.1, -0.05) is 36.9 Å². The largest absolute Gasteiger partial charge is 0.481 e. The first kappa shape index (κ1) is 27.7. The Bertz CT molecular complexity index is 1260. The summed E-state index contributed by atoms with van der Waals surface area (Å²) in [6, 6.07) is 12.2. The summed E-state index contributed by atoms with van der Waals surface area (Å²) in [5.41, 5.74) is 1.99. The average Bonchev–Trinajstić information content (AvgIpc) is 3.29. The molecule has 11 nitrogen and oxygen atoms in total. The van der Waals surface area contributed by atoms with Crippen molar-refractivity contribution < 1.29 is 19.2 Å². The van der Waals surface area contributed by atoms with Gasteiger partial charge in [0.05, 0.1) is 17.2 Å². The summed E-state index contributed by atoms with van der Waals surface area (Å²) >= 11 is 1.18. The summed E-state index contributed by atoms with van der Waals surface area (Å²) in [6.45, 7) is 7.99. The van der Waals surface area contributed by atoms with Crippen LogP contribution in [0.1, 0.15) is 37.7 Å². The van der Waals surface area contributed by atoms with Crippen molar-refractivity contribution in [2.75, 3.05) is 11.1 Å². The summed E-state index contributed by atoms with van der Waals surface area (Å²) in [5, 5.41) is 25.4. The fourth-order valence-corrected chi connectivity index (χ4v) is 4.28. The number of anilines is 1. The molecule has 2 amide bonds. The highest BCUT2D eigenvalue weighted by Crippen LogP contribution is 2.23. The van der Waals surface area contributed by atoms with Gasteiger partial charge in [-0.2, -0.15) is 0 Å². The van der Waals surface area contributed by atoms with Crippen molar-refractivity contribution in [2.24, 2.45) is 0 Å². The lowest BCUT2D eigenvalue weighted by Gasteiger charge is -2.15. The lowest BCUT2D eigenvalue weighted by molar-refractivity contribution is -0.385. The van der Waals surface area contributed by atoms with Crippen LogP contribution in [-0.4, -0.2) is 43.4 Å². The fraction of sp³-hybridized carbons (Fsp3) is 0.360. The van der Waals surface area contributed by atoms with Crippen molar-refractivity contribution in [1.82, 2.24) is 20.1 Å².